The third kappa shape index (κ3) is 56.2. The number of pyridine rings is 2. The quantitative estimate of drug-likeness (QED) is 0.162. The molecule has 2 radical (unpaired) electrons. The molecular weight excluding hydrogens is 828 g/mol. The molecule has 55 heavy (non-hydrogen) atoms. The number of hydrogen-bond donors (Lipinski definition) is 0. The Hall–Kier alpha value is -2.18. The van der Waals surface area contributed by atoms with Gasteiger partial charge < -0.3 is 6.92 Å². The summed E-state index contributed by atoms with van der Waals surface area (Å²) in [6, 6.07) is 20.4. The van der Waals surface area contributed by atoms with Crippen LogP contribution in [0.1, 0.15) is 147 Å². The van der Waals surface area contributed by atoms with Crippen molar-refractivity contribution in [2.75, 3.05) is 0 Å². The van der Waals surface area contributed by atoms with Crippen molar-refractivity contribution in [3.05, 3.63) is 146 Å². The van der Waals surface area contributed by atoms with Crippen LogP contribution in [0.2, 0.25) is 0 Å². The van der Waals surface area contributed by atoms with E-state index in [9.17, 15) is 0 Å². The molecule has 308 valence electrons. The zero-order chi connectivity index (χ0) is 41.1. The van der Waals surface area contributed by atoms with E-state index in [1.807, 2.05) is 132 Å². The van der Waals surface area contributed by atoms with Gasteiger partial charge in [-0.15, -0.1) is 0 Å². The van der Waals surface area contributed by atoms with Gasteiger partial charge in [-0.3, -0.25) is 9.97 Å². The molecule has 0 unspecified atom stereocenters. The first-order chi connectivity index (χ1) is 25.7. The average molecular weight is 911 g/mol. The normalized spacial score (nSPS) is 7.29. The van der Waals surface area contributed by atoms with E-state index in [0.29, 0.717) is 0 Å². The number of aromatic nitrogens is 7. The van der Waals surface area contributed by atoms with Gasteiger partial charge in [0.15, 0.2) is 0 Å². The molecule has 5 rings (SSSR count). The molecule has 0 amide bonds. The van der Waals surface area contributed by atoms with Crippen LogP contribution in [0.15, 0.2) is 110 Å². The number of hydrogen-bond acceptors (Lipinski definition) is 7. The van der Waals surface area contributed by atoms with Gasteiger partial charge in [-0.1, -0.05) is 148 Å². The fourth-order valence-corrected chi connectivity index (χ4v) is 2.90. The maximum Gasteiger partial charge on any atom is 0.131 e. The molecule has 0 atom stereocenters. The van der Waals surface area contributed by atoms with Gasteiger partial charge in [0.2, 0.25) is 0 Å². The van der Waals surface area contributed by atoms with E-state index in [-0.39, 0.29) is 72.8 Å². The van der Waals surface area contributed by atoms with E-state index in [0.717, 1.165) is 43.8 Å². The van der Waals surface area contributed by atoms with Crippen molar-refractivity contribution in [2.24, 2.45) is 0 Å². The van der Waals surface area contributed by atoms with Gasteiger partial charge in [-0.2, -0.15) is 6.92 Å². The summed E-state index contributed by atoms with van der Waals surface area (Å²) < 4.78 is 0. The molecule has 9 heteroatoms. The van der Waals surface area contributed by atoms with Gasteiger partial charge >= 0.3 is 0 Å². The predicted molar refractivity (Wildman–Crippen MR) is 238 cm³/mol. The fourth-order valence-electron chi connectivity index (χ4n) is 2.90. The molecule has 0 aliphatic rings. The summed E-state index contributed by atoms with van der Waals surface area (Å²) in [6.45, 7) is 35.5. The molecule has 0 aliphatic heterocycles. The molecule has 5 aromatic rings. The van der Waals surface area contributed by atoms with E-state index in [1.54, 1.807) is 25.5 Å². The molecule has 4 heterocycles. The van der Waals surface area contributed by atoms with Crippen LogP contribution in [0.25, 0.3) is 0 Å². The van der Waals surface area contributed by atoms with Crippen LogP contribution in [0.3, 0.4) is 0 Å². The maximum absolute atomic E-state index is 3.99. The molecule has 7 nitrogen and oxygen atoms in total. The smallest absolute Gasteiger partial charge is 0.131 e. The summed E-state index contributed by atoms with van der Waals surface area (Å²) in [4.78, 5) is 27.2. The number of benzene rings is 1. The molecular formula is C46H82N7Y2-. The Labute approximate surface area is 392 Å². The van der Waals surface area contributed by atoms with Crippen LogP contribution in [-0.2, 0) is 97.5 Å². The Balaban J connectivity index is -0.0000000634. The minimum absolute atomic E-state index is 0. The maximum atomic E-state index is 3.99. The first-order valence-corrected chi connectivity index (χ1v) is 19.6. The zero-order valence-electron chi connectivity index (χ0n) is 37.4. The van der Waals surface area contributed by atoms with E-state index < -0.39 is 0 Å². The fraction of sp³-hybridized carbons (Fsp3) is 0.478. The summed E-state index contributed by atoms with van der Waals surface area (Å²) in [5, 5.41) is 0. The third-order valence-corrected chi connectivity index (χ3v) is 5.34. The van der Waals surface area contributed by atoms with E-state index in [1.165, 1.54) is 29.3 Å². The number of aryl methyl sites for hydroxylation is 5. The second-order valence-corrected chi connectivity index (χ2v) is 8.19. The van der Waals surface area contributed by atoms with Crippen molar-refractivity contribution < 1.29 is 65.4 Å². The Morgan fingerprint density at radius 3 is 1.04 bits per heavy atom. The second kappa shape index (κ2) is 73.0. The summed E-state index contributed by atoms with van der Waals surface area (Å²) in [6.07, 6.45) is 19.0. The Morgan fingerprint density at radius 2 is 0.764 bits per heavy atom. The van der Waals surface area contributed by atoms with Crippen LogP contribution in [0.4, 0.5) is 0 Å². The Kier molecular flexibility index (Phi) is 98.0. The van der Waals surface area contributed by atoms with Gasteiger partial charge in [-0.05, 0) is 60.2 Å². The van der Waals surface area contributed by atoms with Crippen molar-refractivity contribution in [3.8, 4) is 0 Å². The first kappa shape index (κ1) is 73.9. The van der Waals surface area contributed by atoms with Crippen molar-refractivity contribution >= 4 is 0 Å². The summed E-state index contributed by atoms with van der Waals surface area (Å²) in [7, 11) is 0. The zero-order valence-corrected chi connectivity index (χ0v) is 43.1. The van der Waals surface area contributed by atoms with Crippen molar-refractivity contribution in [1.82, 2.24) is 34.9 Å². The number of nitrogens with zero attached hydrogens (tertiary/aromatic N) is 7. The summed E-state index contributed by atoms with van der Waals surface area (Å²) >= 11 is 0. The van der Waals surface area contributed by atoms with E-state index in [2.05, 4.69) is 92.9 Å². The second-order valence-electron chi connectivity index (χ2n) is 8.19. The average Bonchev–Trinajstić information content (AvgIpc) is 3.30. The van der Waals surface area contributed by atoms with Crippen molar-refractivity contribution in [2.45, 2.75) is 150 Å². The summed E-state index contributed by atoms with van der Waals surface area (Å²) in [5.74, 6) is 1.76. The Morgan fingerprint density at radius 1 is 0.382 bits per heavy atom. The summed E-state index contributed by atoms with van der Waals surface area (Å²) in [5.41, 5.74) is 4.06. The monoisotopic (exact) mass is 910 g/mol. The molecule has 0 spiro atoms. The minimum atomic E-state index is 0. The van der Waals surface area contributed by atoms with Gasteiger partial charge in [0, 0.05) is 115 Å². The molecule has 0 bridgehead atoms. The van der Waals surface area contributed by atoms with Crippen molar-refractivity contribution in [1.29, 1.82) is 0 Å². The minimum Gasteiger partial charge on any atom is -0.346 e. The van der Waals surface area contributed by atoms with Crippen LogP contribution < -0.4 is 0 Å². The van der Waals surface area contributed by atoms with Crippen LogP contribution in [-0.4, -0.2) is 34.9 Å². The first-order valence-electron chi connectivity index (χ1n) is 19.6. The van der Waals surface area contributed by atoms with Crippen LogP contribution >= 0.6 is 0 Å². The Bertz CT molecular complexity index is 978. The molecule has 0 saturated carbocycles. The van der Waals surface area contributed by atoms with E-state index in [4.69, 9.17) is 0 Å². The molecule has 0 saturated heterocycles. The van der Waals surface area contributed by atoms with Crippen LogP contribution in [0.5, 0.6) is 0 Å². The predicted octanol–water partition coefficient (Wildman–Crippen LogP) is 13.6. The van der Waals surface area contributed by atoms with E-state index >= 15 is 0 Å². The van der Waals surface area contributed by atoms with Gasteiger partial charge in [-0.25, -0.2) is 24.9 Å². The standard InChI is InChI=1S/C8H10.2C7H9N.C6H8N2.C5H7N3.5C2H6.C2H5.CH4.2Y/c1-2-8-6-4-3-5-7-8;1-2-7-3-5-8-6-4-7;1-2-7-4-3-5-8-6-7;1-2-6-7-4-3-5-8-6;1-2-5-7-3-6-4-8-5;6*1-2;;;/h3-7H,2H2,1H3;2*3-6H,2H2,1H3;3-5H,2H2,1H3;3-4H,2H2,1H3;5*1-2H3;1H2,2H3;1H4;;/q;;;;;;;;;;-1;;;. The molecule has 1 aromatic carbocycles. The molecule has 0 N–H and O–H groups in total. The van der Waals surface area contributed by atoms with Crippen molar-refractivity contribution in [3.63, 3.8) is 0 Å². The number of rotatable bonds is 5. The SMILES string of the molecule is C.CC.CC.CC.CC.CC.CCc1ccccc1.CCc1cccnc1.CCc1ccncc1.CCc1ncccn1.CCc1ncncn1.[CH2-]C.[Y].[Y]. The molecule has 0 fully saturated rings. The molecule has 4 aromatic heterocycles. The topological polar surface area (TPSA) is 90.2 Å². The largest absolute Gasteiger partial charge is 0.346 e. The van der Waals surface area contributed by atoms with Crippen LogP contribution in [0, 0.1) is 6.92 Å². The third-order valence-electron chi connectivity index (χ3n) is 5.34. The van der Waals surface area contributed by atoms with Gasteiger partial charge in [0.05, 0.1) is 0 Å². The molecule has 0 aliphatic carbocycles. The van der Waals surface area contributed by atoms with Gasteiger partial charge in [0.1, 0.15) is 24.3 Å². The van der Waals surface area contributed by atoms with Gasteiger partial charge in [0.25, 0.3) is 0 Å².